The number of benzene rings is 1. The van der Waals surface area contributed by atoms with E-state index in [0.717, 1.165) is 24.2 Å². The standard InChI is InChI=1S/C17H24N2O3S/c1-12-5-3-4-6-16(12)19(23(2,21)22)11-17(20)18-15-10-13-7-8-14(15)9-13/h3-6,13-15H,7-11H2,1-2H3,(H,18,20)/t13-,14-,15+/m1/s1. The van der Waals surface area contributed by atoms with Gasteiger partial charge in [0.05, 0.1) is 11.9 Å². The Labute approximate surface area is 138 Å². The highest BCUT2D eigenvalue weighted by Crippen LogP contribution is 2.44. The molecule has 2 saturated carbocycles. The third-order valence-corrected chi connectivity index (χ3v) is 6.28. The number of fused-ring (bicyclic) bond motifs is 2. The molecule has 1 aromatic carbocycles. The summed E-state index contributed by atoms with van der Waals surface area (Å²) in [6, 6.07) is 7.45. The minimum Gasteiger partial charge on any atom is -0.352 e. The summed E-state index contributed by atoms with van der Waals surface area (Å²) in [6.07, 6.45) is 5.85. The molecule has 1 amide bonds. The maximum absolute atomic E-state index is 12.4. The maximum Gasteiger partial charge on any atom is 0.241 e. The molecule has 2 aliphatic carbocycles. The van der Waals surface area contributed by atoms with Gasteiger partial charge in [-0.05, 0) is 49.7 Å². The fourth-order valence-electron chi connectivity index (χ4n) is 4.03. The lowest BCUT2D eigenvalue weighted by atomic mass is 9.95. The molecule has 2 aliphatic rings. The van der Waals surface area contributed by atoms with E-state index in [1.807, 2.05) is 19.1 Å². The second-order valence-electron chi connectivity index (χ2n) is 6.90. The number of carbonyl (C=O) groups excluding carboxylic acids is 1. The van der Waals surface area contributed by atoms with Crippen LogP contribution in [0.5, 0.6) is 0 Å². The van der Waals surface area contributed by atoms with Gasteiger partial charge in [-0.2, -0.15) is 0 Å². The van der Waals surface area contributed by atoms with Gasteiger partial charge in [0.1, 0.15) is 6.54 Å². The van der Waals surface area contributed by atoms with Gasteiger partial charge in [-0.15, -0.1) is 0 Å². The molecule has 23 heavy (non-hydrogen) atoms. The van der Waals surface area contributed by atoms with E-state index in [4.69, 9.17) is 0 Å². The average Bonchev–Trinajstić information content (AvgIpc) is 3.07. The molecule has 2 fully saturated rings. The summed E-state index contributed by atoms with van der Waals surface area (Å²) in [6.45, 7) is 1.69. The lowest BCUT2D eigenvalue weighted by Crippen LogP contribution is -2.45. The summed E-state index contributed by atoms with van der Waals surface area (Å²) in [5.74, 6) is 1.11. The van der Waals surface area contributed by atoms with Crippen LogP contribution in [0.2, 0.25) is 0 Å². The first-order chi connectivity index (χ1) is 10.8. The molecule has 0 aromatic heterocycles. The van der Waals surface area contributed by atoms with Gasteiger partial charge in [0, 0.05) is 6.04 Å². The highest BCUT2D eigenvalue weighted by molar-refractivity contribution is 7.92. The van der Waals surface area contributed by atoms with E-state index < -0.39 is 10.0 Å². The molecule has 5 nitrogen and oxygen atoms in total. The van der Waals surface area contributed by atoms with Gasteiger partial charge >= 0.3 is 0 Å². The van der Waals surface area contributed by atoms with Gasteiger partial charge in [-0.25, -0.2) is 8.42 Å². The third-order valence-electron chi connectivity index (χ3n) is 5.16. The number of hydrogen-bond donors (Lipinski definition) is 1. The van der Waals surface area contributed by atoms with Crippen molar-refractivity contribution >= 4 is 21.6 Å². The fraction of sp³-hybridized carbons (Fsp3) is 0.588. The first-order valence-electron chi connectivity index (χ1n) is 8.17. The number of nitrogens with zero attached hydrogens (tertiary/aromatic N) is 1. The van der Waals surface area contributed by atoms with E-state index in [1.165, 1.54) is 23.6 Å². The second kappa shape index (κ2) is 6.15. The van der Waals surface area contributed by atoms with Crippen molar-refractivity contribution in [1.29, 1.82) is 0 Å². The zero-order valence-corrected chi connectivity index (χ0v) is 14.5. The minimum atomic E-state index is -3.51. The van der Waals surface area contributed by atoms with E-state index in [-0.39, 0.29) is 18.5 Å². The SMILES string of the molecule is Cc1ccccc1N(CC(=O)N[C@H]1C[C@@H]2CC[C@@H]1C2)S(C)(=O)=O. The first kappa shape index (κ1) is 16.3. The number of aryl methyl sites for hydroxylation is 1. The van der Waals surface area contributed by atoms with Crippen molar-refractivity contribution in [3.05, 3.63) is 29.8 Å². The van der Waals surface area contributed by atoms with Crippen LogP contribution in [0.25, 0.3) is 0 Å². The number of hydrogen-bond acceptors (Lipinski definition) is 3. The van der Waals surface area contributed by atoms with Crippen molar-refractivity contribution in [2.24, 2.45) is 11.8 Å². The lowest BCUT2D eigenvalue weighted by Gasteiger charge is -2.27. The number of anilines is 1. The van der Waals surface area contributed by atoms with Crippen molar-refractivity contribution in [2.45, 2.75) is 38.6 Å². The number of sulfonamides is 1. The zero-order chi connectivity index (χ0) is 16.6. The van der Waals surface area contributed by atoms with Crippen molar-refractivity contribution in [3.63, 3.8) is 0 Å². The molecule has 0 aliphatic heterocycles. The molecule has 3 rings (SSSR count). The van der Waals surface area contributed by atoms with Crippen LogP contribution in [0, 0.1) is 18.8 Å². The van der Waals surface area contributed by atoms with Crippen molar-refractivity contribution in [3.8, 4) is 0 Å². The van der Waals surface area contributed by atoms with Gasteiger partial charge in [-0.3, -0.25) is 9.10 Å². The maximum atomic E-state index is 12.4. The predicted octanol–water partition coefficient (Wildman–Crippen LogP) is 2.07. The molecule has 126 valence electrons. The van der Waals surface area contributed by atoms with Crippen LogP contribution in [0.15, 0.2) is 24.3 Å². The zero-order valence-electron chi connectivity index (χ0n) is 13.7. The Morgan fingerprint density at radius 3 is 2.57 bits per heavy atom. The molecule has 0 heterocycles. The van der Waals surface area contributed by atoms with Crippen LogP contribution in [-0.2, 0) is 14.8 Å². The normalized spacial score (nSPS) is 26.3. The van der Waals surface area contributed by atoms with Crippen molar-refractivity contribution in [1.82, 2.24) is 5.32 Å². The average molecular weight is 336 g/mol. The van der Waals surface area contributed by atoms with Gasteiger partial charge in [0.2, 0.25) is 15.9 Å². The summed E-state index contributed by atoms with van der Waals surface area (Å²) >= 11 is 0. The molecular weight excluding hydrogens is 312 g/mol. The van der Waals surface area contributed by atoms with Crippen LogP contribution in [0.1, 0.15) is 31.2 Å². The quantitative estimate of drug-likeness (QED) is 0.895. The summed E-state index contributed by atoms with van der Waals surface area (Å²) in [5.41, 5.74) is 1.41. The third kappa shape index (κ3) is 3.52. The molecule has 6 heteroatoms. The molecule has 0 saturated heterocycles. The van der Waals surface area contributed by atoms with E-state index in [0.29, 0.717) is 11.6 Å². The Hall–Kier alpha value is -1.56. The molecule has 1 N–H and O–H groups in total. The number of carbonyl (C=O) groups is 1. The first-order valence-corrected chi connectivity index (χ1v) is 10.0. The summed E-state index contributed by atoms with van der Waals surface area (Å²) in [4.78, 5) is 12.4. The van der Waals surface area contributed by atoms with Crippen LogP contribution in [-0.4, -0.2) is 33.2 Å². The smallest absolute Gasteiger partial charge is 0.241 e. The van der Waals surface area contributed by atoms with Gasteiger partial charge in [0.25, 0.3) is 0 Å². The van der Waals surface area contributed by atoms with Crippen LogP contribution in [0.4, 0.5) is 5.69 Å². The summed E-state index contributed by atoms with van der Waals surface area (Å²) in [5, 5.41) is 3.06. The Balaban J connectivity index is 1.72. The molecule has 0 spiro atoms. The Morgan fingerprint density at radius 2 is 2.00 bits per heavy atom. The number of para-hydroxylation sites is 1. The molecule has 1 aromatic rings. The van der Waals surface area contributed by atoms with Gasteiger partial charge < -0.3 is 5.32 Å². The Bertz CT molecular complexity index is 702. The van der Waals surface area contributed by atoms with Crippen LogP contribution < -0.4 is 9.62 Å². The number of rotatable bonds is 5. The van der Waals surface area contributed by atoms with E-state index in [9.17, 15) is 13.2 Å². The molecule has 2 bridgehead atoms. The van der Waals surface area contributed by atoms with E-state index in [1.54, 1.807) is 12.1 Å². The summed E-state index contributed by atoms with van der Waals surface area (Å²) in [7, 11) is -3.51. The highest BCUT2D eigenvalue weighted by atomic mass is 32.2. The van der Waals surface area contributed by atoms with Crippen LogP contribution >= 0.6 is 0 Å². The fourth-order valence-corrected chi connectivity index (χ4v) is 4.94. The lowest BCUT2D eigenvalue weighted by molar-refractivity contribution is -0.120. The predicted molar refractivity (Wildman–Crippen MR) is 90.7 cm³/mol. The second-order valence-corrected chi connectivity index (χ2v) is 8.81. The number of nitrogens with one attached hydrogen (secondary N) is 1. The molecule has 0 radical (unpaired) electrons. The summed E-state index contributed by atoms with van der Waals surface area (Å²) < 4.78 is 25.5. The van der Waals surface area contributed by atoms with Crippen LogP contribution in [0.3, 0.4) is 0 Å². The van der Waals surface area contributed by atoms with Crippen molar-refractivity contribution < 1.29 is 13.2 Å². The van der Waals surface area contributed by atoms with E-state index in [2.05, 4.69) is 5.32 Å². The largest absolute Gasteiger partial charge is 0.352 e. The monoisotopic (exact) mass is 336 g/mol. The topological polar surface area (TPSA) is 66.5 Å². The Kier molecular flexibility index (Phi) is 4.36. The van der Waals surface area contributed by atoms with E-state index >= 15 is 0 Å². The highest BCUT2D eigenvalue weighted by Gasteiger charge is 2.40. The molecule has 0 unspecified atom stereocenters. The molecule has 3 atom stereocenters. The molecular formula is C17H24N2O3S. The van der Waals surface area contributed by atoms with Crippen molar-refractivity contribution in [2.75, 3.05) is 17.1 Å². The van der Waals surface area contributed by atoms with Gasteiger partial charge in [0.15, 0.2) is 0 Å². The minimum absolute atomic E-state index is 0.155. The number of amides is 1. The Morgan fingerprint density at radius 1 is 1.26 bits per heavy atom. The van der Waals surface area contributed by atoms with Gasteiger partial charge in [-0.1, -0.05) is 24.6 Å².